The second kappa shape index (κ2) is 1.01. The Labute approximate surface area is 42.7 Å². The number of halogens is 1. The smallest absolute Gasteiger partial charge is 0.103 e. The van der Waals surface area contributed by atoms with Crippen LogP contribution in [0, 0.1) is 11.8 Å². The topological polar surface area (TPSA) is 0 Å². The van der Waals surface area contributed by atoms with Gasteiger partial charge in [0.25, 0.3) is 0 Å². The summed E-state index contributed by atoms with van der Waals surface area (Å²) < 4.78 is 12.4. The highest BCUT2D eigenvalue weighted by Crippen LogP contribution is 2.52. The molecule has 0 aromatic carbocycles. The maximum atomic E-state index is 12.4. The molecular formula is C6H9F. The quantitative estimate of drug-likeness (QED) is 0.435. The minimum Gasteiger partial charge on any atom is -0.247 e. The first-order chi connectivity index (χ1) is 3.38. The average Bonchev–Trinajstić information content (AvgIpc) is 2.33. The van der Waals surface area contributed by atoms with Gasteiger partial charge in [0.2, 0.25) is 0 Å². The molecule has 3 unspecified atom stereocenters. The molecule has 0 heterocycles. The van der Waals surface area contributed by atoms with E-state index in [-0.39, 0.29) is 0 Å². The largest absolute Gasteiger partial charge is 0.247 e. The van der Waals surface area contributed by atoms with Crippen LogP contribution in [0.5, 0.6) is 0 Å². The van der Waals surface area contributed by atoms with Gasteiger partial charge in [-0.3, -0.25) is 0 Å². The summed E-state index contributed by atoms with van der Waals surface area (Å²) in [5.74, 6) is 1.33. The number of hydrogen-bond acceptors (Lipinski definition) is 0. The van der Waals surface area contributed by atoms with E-state index in [1.54, 1.807) is 0 Å². The van der Waals surface area contributed by atoms with Crippen molar-refractivity contribution in [3.05, 3.63) is 0 Å². The van der Waals surface area contributed by atoms with Crippen molar-refractivity contribution in [2.24, 2.45) is 11.8 Å². The summed E-state index contributed by atoms with van der Waals surface area (Å²) in [6.07, 6.45) is 2.81. The van der Waals surface area contributed by atoms with Crippen LogP contribution in [0.25, 0.3) is 0 Å². The van der Waals surface area contributed by atoms with Crippen molar-refractivity contribution < 1.29 is 4.39 Å². The molecule has 2 rings (SSSR count). The van der Waals surface area contributed by atoms with E-state index in [9.17, 15) is 4.39 Å². The van der Waals surface area contributed by atoms with Crippen LogP contribution in [0.15, 0.2) is 0 Å². The predicted octanol–water partition coefficient (Wildman–Crippen LogP) is 1.75. The van der Waals surface area contributed by atoms with Crippen LogP contribution in [0.1, 0.15) is 19.3 Å². The van der Waals surface area contributed by atoms with E-state index < -0.39 is 6.17 Å². The molecule has 2 aliphatic rings. The Morgan fingerprint density at radius 2 is 2.14 bits per heavy atom. The molecule has 0 aromatic rings. The third-order valence-electron chi connectivity index (χ3n) is 2.26. The molecule has 2 saturated carbocycles. The third kappa shape index (κ3) is 0.411. The average molecular weight is 100 g/mol. The van der Waals surface area contributed by atoms with Gasteiger partial charge in [-0.25, -0.2) is 4.39 Å². The highest BCUT2D eigenvalue weighted by atomic mass is 19.1. The molecule has 0 spiro atoms. The summed E-state index contributed by atoms with van der Waals surface area (Å²) in [7, 11) is 0. The van der Waals surface area contributed by atoms with E-state index in [1.807, 2.05) is 0 Å². The first-order valence-electron chi connectivity index (χ1n) is 3.02. The van der Waals surface area contributed by atoms with Crippen LogP contribution < -0.4 is 0 Å². The van der Waals surface area contributed by atoms with Crippen molar-refractivity contribution in [2.45, 2.75) is 25.4 Å². The van der Waals surface area contributed by atoms with Crippen molar-refractivity contribution in [1.82, 2.24) is 0 Å². The first kappa shape index (κ1) is 3.88. The summed E-state index contributed by atoms with van der Waals surface area (Å²) in [5, 5.41) is 0. The molecule has 0 bridgehead atoms. The van der Waals surface area contributed by atoms with Gasteiger partial charge in [0.05, 0.1) is 0 Å². The van der Waals surface area contributed by atoms with E-state index in [0.29, 0.717) is 5.92 Å². The summed E-state index contributed by atoms with van der Waals surface area (Å²) in [6.45, 7) is 0. The third-order valence-corrected chi connectivity index (χ3v) is 2.26. The Bertz CT molecular complexity index is 90.2. The highest BCUT2D eigenvalue weighted by Gasteiger charge is 2.48. The van der Waals surface area contributed by atoms with Crippen LogP contribution in [-0.4, -0.2) is 6.17 Å². The molecule has 0 saturated heterocycles. The fraction of sp³-hybridized carbons (Fsp3) is 1.00. The molecule has 0 N–H and O–H groups in total. The van der Waals surface area contributed by atoms with Gasteiger partial charge in [-0.1, -0.05) is 0 Å². The maximum absolute atomic E-state index is 12.4. The molecule has 0 aliphatic heterocycles. The van der Waals surface area contributed by atoms with E-state index in [2.05, 4.69) is 0 Å². The number of hydrogen-bond donors (Lipinski definition) is 0. The lowest BCUT2D eigenvalue weighted by molar-refractivity contribution is 0.307. The molecule has 40 valence electrons. The number of alkyl halides is 1. The Kier molecular flexibility index (Phi) is 0.561. The molecule has 2 fully saturated rings. The highest BCUT2D eigenvalue weighted by molar-refractivity contribution is 4.97. The van der Waals surface area contributed by atoms with Crippen LogP contribution in [-0.2, 0) is 0 Å². The van der Waals surface area contributed by atoms with Gasteiger partial charge in [0, 0.05) is 0 Å². The zero-order valence-electron chi connectivity index (χ0n) is 4.23. The van der Waals surface area contributed by atoms with Gasteiger partial charge in [-0.05, 0) is 31.1 Å². The molecule has 7 heavy (non-hydrogen) atoms. The number of fused-ring (bicyclic) bond motifs is 1. The van der Waals surface area contributed by atoms with Crippen molar-refractivity contribution in [3.8, 4) is 0 Å². The first-order valence-corrected chi connectivity index (χ1v) is 3.02. The zero-order valence-corrected chi connectivity index (χ0v) is 4.23. The minimum absolute atomic E-state index is 0.412. The maximum Gasteiger partial charge on any atom is 0.103 e. The Morgan fingerprint density at radius 1 is 1.29 bits per heavy atom. The molecular weight excluding hydrogens is 91.1 g/mol. The van der Waals surface area contributed by atoms with Gasteiger partial charge >= 0.3 is 0 Å². The lowest BCUT2D eigenvalue weighted by Crippen LogP contribution is -1.94. The fourth-order valence-corrected chi connectivity index (χ4v) is 1.63. The molecule has 2 aliphatic carbocycles. The molecule has 0 nitrogen and oxygen atoms in total. The lowest BCUT2D eigenvalue weighted by atomic mass is 10.2. The minimum atomic E-state index is -0.412. The summed E-state index contributed by atoms with van der Waals surface area (Å²) in [6, 6.07) is 0. The van der Waals surface area contributed by atoms with Crippen LogP contribution in [0.4, 0.5) is 4.39 Å². The second-order valence-electron chi connectivity index (χ2n) is 2.75. The van der Waals surface area contributed by atoms with E-state index in [4.69, 9.17) is 0 Å². The Balaban J connectivity index is 2.08. The van der Waals surface area contributed by atoms with E-state index >= 15 is 0 Å². The number of rotatable bonds is 0. The van der Waals surface area contributed by atoms with Crippen molar-refractivity contribution in [1.29, 1.82) is 0 Å². The molecule has 0 radical (unpaired) electrons. The molecule has 0 aromatic heterocycles. The van der Waals surface area contributed by atoms with E-state index in [1.165, 1.54) is 12.8 Å². The monoisotopic (exact) mass is 100 g/mol. The van der Waals surface area contributed by atoms with Crippen LogP contribution >= 0.6 is 0 Å². The van der Waals surface area contributed by atoms with Gasteiger partial charge in [0.15, 0.2) is 0 Å². The van der Waals surface area contributed by atoms with Crippen LogP contribution in [0.2, 0.25) is 0 Å². The van der Waals surface area contributed by atoms with Crippen molar-refractivity contribution in [3.63, 3.8) is 0 Å². The Hall–Kier alpha value is -0.0700. The zero-order chi connectivity index (χ0) is 4.85. The van der Waals surface area contributed by atoms with Crippen LogP contribution in [0.3, 0.4) is 0 Å². The van der Waals surface area contributed by atoms with Gasteiger partial charge < -0.3 is 0 Å². The predicted molar refractivity (Wildman–Crippen MR) is 25.7 cm³/mol. The molecule has 3 atom stereocenters. The van der Waals surface area contributed by atoms with Gasteiger partial charge in [-0.2, -0.15) is 0 Å². The standard InChI is InChI=1S/C6H9F/c7-6-2-1-4-3-5(4)6/h4-6H,1-3H2. The summed E-state index contributed by atoms with van der Waals surface area (Å²) in [4.78, 5) is 0. The van der Waals surface area contributed by atoms with E-state index in [0.717, 1.165) is 12.3 Å². The normalized spacial score (nSPS) is 57.0. The van der Waals surface area contributed by atoms with Crippen molar-refractivity contribution in [2.75, 3.05) is 0 Å². The summed E-state index contributed by atoms with van der Waals surface area (Å²) in [5.41, 5.74) is 0. The van der Waals surface area contributed by atoms with Gasteiger partial charge in [-0.15, -0.1) is 0 Å². The molecule has 1 heteroatoms. The molecule has 0 amide bonds. The SMILES string of the molecule is FC1CCC2CC12. The summed E-state index contributed by atoms with van der Waals surface area (Å²) >= 11 is 0. The Morgan fingerprint density at radius 3 is 2.29 bits per heavy atom. The van der Waals surface area contributed by atoms with Crippen molar-refractivity contribution >= 4 is 0 Å². The second-order valence-corrected chi connectivity index (χ2v) is 2.75. The lowest BCUT2D eigenvalue weighted by Gasteiger charge is -1.93. The van der Waals surface area contributed by atoms with Gasteiger partial charge in [0.1, 0.15) is 6.17 Å². The fourth-order valence-electron chi connectivity index (χ4n) is 1.63.